The van der Waals surface area contributed by atoms with Gasteiger partial charge in [0.1, 0.15) is 18.3 Å². The lowest BCUT2D eigenvalue weighted by molar-refractivity contribution is -0.0869. The van der Waals surface area contributed by atoms with Crippen LogP contribution in [0, 0.1) is 0 Å². The second kappa shape index (κ2) is 5.14. The van der Waals surface area contributed by atoms with Crippen LogP contribution in [0.3, 0.4) is 0 Å². The summed E-state index contributed by atoms with van der Waals surface area (Å²) in [7, 11) is 0. The molecule has 0 fully saturated rings. The van der Waals surface area contributed by atoms with Gasteiger partial charge in [-0.05, 0) is 18.6 Å². The maximum absolute atomic E-state index is 9.81. The standard InChI is InChI=1S/C13H16O3/c1-10-13(14)12(7-8-15-10)16-9-11-5-3-2-4-6-11/h2-8,10,12-14H,9H2,1H3. The van der Waals surface area contributed by atoms with E-state index in [1.54, 1.807) is 12.3 Å². The van der Waals surface area contributed by atoms with E-state index >= 15 is 0 Å². The van der Waals surface area contributed by atoms with E-state index in [0.29, 0.717) is 6.61 Å². The van der Waals surface area contributed by atoms with Gasteiger partial charge in [0, 0.05) is 0 Å². The van der Waals surface area contributed by atoms with Gasteiger partial charge in [-0.25, -0.2) is 0 Å². The fraction of sp³-hybridized carbons (Fsp3) is 0.385. The predicted molar refractivity (Wildman–Crippen MR) is 60.7 cm³/mol. The summed E-state index contributed by atoms with van der Waals surface area (Å²) in [5, 5.41) is 9.81. The van der Waals surface area contributed by atoms with Crippen LogP contribution >= 0.6 is 0 Å². The first-order valence-corrected chi connectivity index (χ1v) is 5.43. The van der Waals surface area contributed by atoms with E-state index < -0.39 is 6.10 Å². The van der Waals surface area contributed by atoms with Gasteiger partial charge in [-0.1, -0.05) is 30.3 Å². The van der Waals surface area contributed by atoms with Crippen LogP contribution in [-0.4, -0.2) is 23.4 Å². The van der Waals surface area contributed by atoms with Gasteiger partial charge < -0.3 is 14.6 Å². The third-order valence-electron chi connectivity index (χ3n) is 2.66. The first-order valence-electron chi connectivity index (χ1n) is 5.43. The van der Waals surface area contributed by atoms with E-state index in [9.17, 15) is 5.11 Å². The Bertz CT molecular complexity index is 347. The molecular formula is C13H16O3. The van der Waals surface area contributed by atoms with Crippen LogP contribution in [0.2, 0.25) is 0 Å². The zero-order valence-corrected chi connectivity index (χ0v) is 9.24. The Morgan fingerprint density at radius 2 is 2.06 bits per heavy atom. The molecule has 0 spiro atoms. The molecule has 86 valence electrons. The van der Waals surface area contributed by atoms with E-state index in [1.165, 1.54) is 0 Å². The number of hydrogen-bond donors (Lipinski definition) is 1. The first kappa shape index (κ1) is 11.2. The van der Waals surface area contributed by atoms with Crippen LogP contribution in [0.1, 0.15) is 12.5 Å². The highest BCUT2D eigenvalue weighted by Crippen LogP contribution is 2.16. The highest BCUT2D eigenvalue weighted by molar-refractivity contribution is 5.13. The molecule has 0 saturated heterocycles. The van der Waals surface area contributed by atoms with Gasteiger partial charge in [0.15, 0.2) is 0 Å². The van der Waals surface area contributed by atoms with Crippen molar-refractivity contribution in [1.82, 2.24) is 0 Å². The molecule has 0 saturated carbocycles. The maximum atomic E-state index is 9.81. The quantitative estimate of drug-likeness (QED) is 0.845. The molecule has 16 heavy (non-hydrogen) atoms. The van der Waals surface area contributed by atoms with Crippen molar-refractivity contribution >= 4 is 0 Å². The van der Waals surface area contributed by atoms with Crippen molar-refractivity contribution in [3.8, 4) is 0 Å². The second-order valence-corrected chi connectivity index (χ2v) is 3.92. The van der Waals surface area contributed by atoms with Crippen LogP contribution in [-0.2, 0) is 16.1 Å². The van der Waals surface area contributed by atoms with Crippen LogP contribution in [0.15, 0.2) is 42.7 Å². The van der Waals surface area contributed by atoms with Crippen LogP contribution in [0.5, 0.6) is 0 Å². The SMILES string of the molecule is CC1OC=CC(OCc2ccccc2)C1O. The molecule has 1 heterocycles. The minimum atomic E-state index is -0.603. The fourth-order valence-corrected chi connectivity index (χ4v) is 1.63. The molecule has 3 unspecified atom stereocenters. The smallest absolute Gasteiger partial charge is 0.124 e. The van der Waals surface area contributed by atoms with Gasteiger partial charge in [-0.15, -0.1) is 0 Å². The van der Waals surface area contributed by atoms with Crippen molar-refractivity contribution < 1.29 is 14.6 Å². The molecule has 0 aliphatic carbocycles. The average Bonchev–Trinajstić information content (AvgIpc) is 2.32. The molecule has 1 aromatic rings. The zero-order valence-electron chi connectivity index (χ0n) is 9.24. The Hall–Kier alpha value is -1.32. The molecule has 1 aliphatic heterocycles. The van der Waals surface area contributed by atoms with Crippen molar-refractivity contribution in [2.45, 2.75) is 31.8 Å². The summed E-state index contributed by atoms with van der Waals surface area (Å²) in [4.78, 5) is 0. The third kappa shape index (κ3) is 2.62. The number of rotatable bonds is 3. The molecule has 0 aromatic heterocycles. The second-order valence-electron chi connectivity index (χ2n) is 3.92. The molecule has 1 N–H and O–H groups in total. The normalized spacial score (nSPS) is 28.8. The number of hydrogen-bond acceptors (Lipinski definition) is 3. The first-order chi connectivity index (χ1) is 7.77. The van der Waals surface area contributed by atoms with Crippen molar-refractivity contribution in [3.05, 3.63) is 48.2 Å². The zero-order chi connectivity index (χ0) is 11.4. The largest absolute Gasteiger partial charge is 0.496 e. The van der Waals surface area contributed by atoms with Crippen molar-refractivity contribution in [2.75, 3.05) is 0 Å². The van der Waals surface area contributed by atoms with Gasteiger partial charge in [-0.2, -0.15) is 0 Å². The van der Waals surface area contributed by atoms with E-state index in [2.05, 4.69) is 0 Å². The molecule has 0 bridgehead atoms. The minimum absolute atomic E-state index is 0.217. The number of benzene rings is 1. The molecule has 2 rings (SSSR count). The maximum Gasteiger partial charge on any atom is 0.124 e. The minimum Gasteiger partial charge on any atom is -0.496 e. The van der Waals surface area contributed by atoms with Gasteiger partial charge in [0.2, 0.25) is 0 Å². The lowest BCUT2D eigenvalue weighted by Crippen LogP contribution is -2.39. The van der Waals surface area contributed by atoms with E-state index in [1.807, 2.05) is 37.3 Å². The molecule has 3 atom stereocenters. The topological polar surface area (TPSA) is 38.7 Å². The summed E-state index contributed by atoms with van der Waals surface area (Å²) in [5.74, 6) is 0. The molecule has 0 radical (unpaired) electrons. The highest BCUT2D eigenvalue weighted by Gasteiger charge is 2.27. The Morgan fingerprint density at radius 1 is 1.31 bits per heavy atom. The average molecular weight is 220 g/mol. The highest BCUT2D eigenvalue weighted by atomic mass is 16.5. The van der Waals surface area contributed by atoms with E-state index in [4.69, 9.17) is 9.47 Å². The van der Waals surface area contributed by atoms with Crippen molar-refractivity contribution in [2.24, 2.45) is 0 Å². The third-order valence-corrected chi connectivity index (χ3v) is 2.66. The Morgan fingerprint density at radius 3 is 2.81 bits per heavy atom. The Labute approximate surface area is 95.3 Å². The summed E-state index contributed by atoms with van der Waals surface area (Å²) in [6.07, 6.45) is 2.23. The predicted octanol–water partition coefficient (Wildman–Crippen LogP) is 1.87. The molecule has 0 amide bonds. The summed E-state index contributed by atoms with van der Waals surface area (Å²) in [6, 6.07) is 9.90. The number of ether oxygens (including phenoxy) is 2. The lowest BCUT2D eigenvalue weighted by atomic mass is 10.1. The number of aliphatic hydroxyl groups is 1. The number of aliphatic hydroxyl groups excluding tert-OH is 1. The summed E-state index contributed by atoms with van der Waals surface area (Å²) < 4.78 is 10.8. The molecule has 1 aromatic carbocycles. The lowest BCUT2D eigenvalue weighted by Gasteiger charge is -2.28. The Kier molecular flexibility index (Phi) is 3.59. The van der Waals surface area contributed by atoms with Crippen LogP contribution in [0.25, 0.3) is 0 Å². The van der Waals surface area contributed by atoms with Gasteiger partial charge in [0.05, 0.1) is 12.9 Å². The van der Waals surface area contributed by atoms with Crippen LogP contribution in [0.4, 0.5) is 0 Å². The molecule has 3 heteroatoms. The summed E-state index contributed by atoms with van der Waals surface area (Å²) >= 11 is 0. The van der Waals surface area contributed by atoms with Crippen LogP contribution < -0.4 is 0 Å². The molecule has 3 nitrogen and oxygen atoms in total. The van der Waals surface area contributed by atoms with E-state index in [-0.39, 0.29) is 12.2 Å². The molecular weight excluding hydrogens is 204 g/mol. The fourth-order valence-electron chi connectivity index (χ4n) is 1.63. The van der Waals surface area contributed by atoms with Crippen molar-refractivity contribution in [3.63, 3.8) is 0 Å². The monoisotopic (exact) mass is 220 g/mol. The van der Waals surface area contributed by atoms with Crippen molar-refractivity contribution in [1.29, 1.82) is 0 Å². The molecule has 1 aliphatic rings. The van der Waals surface area contributed by atoms with Gasteiger partial charge >= 0.3 is 0 Å². The summed E-state index contributed by atoms with van der Waals surface area (Å²) in [6.45, 7) is 2.33. The van der Waals surface area contributed by atoms with Gasteiger partial charge in [0.25, 0.3) is 0 Å². The Balaban J connectivity index is 1.91. The van der Waals surface area contributed by atoms with E-state index in [0.717, 1.165) is 5.56 Å². The van der Waals surface area contributed by atoms with Gasteiger partial charge in [-0.3, -0.25) is 0 Å². The summed E-state index contributed by atoms with van der Waals surface area (Å²) in [5.41, 5.74) is 1.10.